The van der Waals surface area contributed by atoms with Gasteiger partial charge in [0.15, 0.2) is 11.4 Å². The minimum absolute atomic E-state index is 0.260. The second kappa shape index (κ2) is 7.20. The van der Waals surface area contributed by atoms with Crippen LogP contribution in [-0.2, 0) is 16.9 Å². The zero-order valence-corrected chi connectivity index (χ0v) is 16.9. The van der Waals surface area contributed by atoms with Crippen molar-refractivity contribution in [3.8, 4) is 0 Å². The topological polar surface area (TPSA) is 57.6 Å². The number of aliphatic hydroxyl groups is 1. The molecule has 5 rings (SSSR count). The summed E-state index contributed by atoms with van der Waals surface area (Å²) in [5.41, 5.74) is -0.231. The van der Waals surface area contributed by atoms with Gasteiger partial charge in [0.25, 0.3) is 5.91 Å². The third kappa shape index (κ3) is 3.03. The molecule has 1 atom stereocenters. The maximum absolute atomic E-state index is 13.3. The summed E-state index contributed by atoms with van der Waals surface area (Å²) in [4.78, 5) is 29.0. The van der Waals surface area contributed by atoms with Crippen LogP contribution >= 0.6 is 11.3 Å². The van der Waals surface area contributed by atoms with Crippen molar-refractivity contribution in [3.05, 3.63) is 100 Å². The standard InChI is InChI=1S/C25H19NO3S/c27-23(19-12-11-17-6-1-2-7-18(17)14-19)15-25(29)21-9-3-4-10-22(21)26(24(25)28)16-20-8-5-13-30-20/h1-14,29H,15-16H2/t25-/m1/s1. The molecule has 1 N–H and O–H groups in total. The van der Waals surface area contributed by atoms with Gasteiger partial charge in [-0.05, 0) is 34.4 Å². The van der Waals surface area contributed by atoms with Gasteiger partial charge in [-0.15, -0.1) is 11.3 Å². The van der Waals surface area contributed by atoms with Crippen molar-refractivity contribution in [3.63, 3.8) is 0 Å². The Kier molecular flexibility index (Phi) is 4.50. The van der Waals surface area contributed by atoms with Gasteiger partial charge in [0.2, 0.25) is 0 Å². The number of carbonyl (C=O) groups excluding carboxylic acids is 2. The van der Waals surface area contributed by atoms with E-state index >= 15 is 0 Å². The number of hydrogen-bond donors (Lipinski definition) is 1. The van der Waals surface area contributed by atoms with Crippen molar-refractivity contribution in [1.29, 1.82) is 0 Å². The summed E-state index contributed by atoms with van der Waals surface area (Å²) in [6, 6.07) is 24.3. The number of benzene rings is 3. The van der Waals surface area contributed by atoms with Crippen LogP contribution in [-0.4, -0.2) is 16.8 Å². The predicted octanol–water partition coefficient (Wildman–Crippen LogP) is 4.91. The Morgan fingerprint density at radius 3 is 2.50 bits per heavy atom. The molecule has 3 aromatic carbocycles. The fraction of sp³-hybridized carbons (Fsp3) is 0.120. The highest BCUT2D eigenvalue weighted by Crippen LogP contribution is 2.43. The van der Waals surface area contributed by atoms with E-state index in [1.807, 2.05) is 66.0 Å². The number of Topliss-reactive ketones (excluding diaryl/α,β-unsaturated/α-hetero) is 1. The van der Waals surface area contributed by atoms with Gasteiger partial charge in [0.1, 0.15) is 0 Å². The molecule has 0 unspecified atom stereocenters. The lowest BCUT2D eigenvalue weighted by molar-refractivity contribution is -0.136. The van der Waals surface area contributed by atoms with Crippen molar-refractivity contribution in [2.45, 2.75) is 18.6 Å². The number of thiophene rings is 1. The molecule has 1 amide bonds. The third-order valence-corrected chi connectivity index (χ3v) is 6.48. The summed E-state index contributed by atoms with van der Waals surface area (Å²) in [6.07, 6.45) is -0.290. The first-order chi connectivity index (χ1) is 14.6. The molecule has 4 nitrogen and oxygen atoms in total. The third-order valence-electron chi connectivity index (χ3n) is 5.62. The van der Waals surface area contributed by atoms with Crippen LogP contribution in [0.25, 0.3) is 10.8 Å². The van der Waals surface area contributed by atoms with E-state index in [0.717, 1.165) is 15.6 Å². The summed E-state index contributed by atoms with van der Waals surface area (Å²) >= 11 is 1.56. The number of carbonyl (C=O) groups is 2. The van der Waals surface area contributed by atoms with Crippen LogP contribution in [0.4, 0.5) is 5.69 Å². The Bertz CT molecular complexity index is 1260. The molecule has 0 saturated heterocycles. The highest BCUT2D eigenvalue weighted by Gasteiger charge is 2.50. The van der Waals surface area contributed by atoms with Crippen LogP contribution in [0, 0.1) is 0 Å². The van der Waals surface area contributed by atoms with Crippen molar-refractivity contribution in [1.82, 2.24) is 0 Å². The predicted molar refractivity (Wildman–Crippen MR) is 119 cm³/mol. The molecule has 0 aliphatic carbocycles. The molecule has 0 saturated carbocycles. The summed E-state index contributed by atoms with van der Waals surface area (Å²) in [7, 11) is 0. The van der Waals surface area contributed by atoms with E-state index in [2.05, 4.69) is 0 Å². The number of ketones is 1. The molecule has 0 fully saturated rings. The highest BCUT2D eigenvalue weighted by molar-refractivity contribution is 7.09. The van der Waals surface area contributed by atoms with Gasteiger partial charge in [0.05, 0.1) is 18.7 Å². The molecule has 4 aromatic rings. The molecule has 2 heterocycles. The zero-order valence-electron chi connectivity index (χ0n) is 16.1. The lowest BCUT2D eigenvalue weighted by Crippen LogP contribution is -2.41. The second-order valence-corrected chi connectivity index (χ2v) is 8.54. The quantitative estimate of drug-likeness (QED) is 0.473. The van der Waals surface area contributed by atoms with Crippen molar-refractivity contribution in [2.24, 2.45) is 0 Å². The van der Waals surface area contributed by atoms with Crippen LogP contribution in [0.1, 0.15) is 27.2 Å². The first-order valence-electron chi connectivity index (χ1n) is 9.74. The van der Waals surface area contributed by atoms with Gasteiger partial charge in [-0.1, -0.05) is 60.7 Å². The van der Waals surface area contributed by atoms with Gasteiger partial charge < -0.3 is 10.0 Å². The molecule has 0 spiro atoms. The lowest BCUT2D eigenvalue weighted by Gasteiger charge is -2.22. The number of fused-ring (bicyclic) bond motifs is 2. The molecular formula is C25H19NO3S. The molecule has 0 bridgehead atoms. The Labute approximate surface area is 178 Å². The number of nitrogens with zero attached hydrogens (tertiary/aromatic N) is 1. The van der Waals surface area contributed by atoms with E-state index in [1.54, 1.807) is 34.4 Å². The number of amides is 1. The first-order valence-corrected chi connectivity index (χ1v) is 10.6. The fourth-order valence-electron chi connectivity index (χ4n) is 4.09. The molecular weight excluding hydrogens is 394 g/mol. The Morgan fingerprint density at radius 2 is 1.70 bits per heavy atom. The number of hydrogen-bond acceptors (Lipinski definition) is 4. The number of para-hydroxylation sites is 1. The van der Waals surface area contributed by atoms with Gasteiger partial charge >= 0.3 is 0 Å². The number of anilines is 1. The minimum atomic E-state index is -1.86. The fourth-order valence-corrected chi connectivity index (χ4v) is 4.78. The maximum atomic E-state index is 13.3. The van der Waals surface area contributed by atoms with Crippen LogP contribution < -0.4 is 4.90 Å². The first kappa shape index (κ1) is 18.7. The summed E-state index contributed by atoms with van der Waals surface area (Å²) in [5.74, 6) is -0.712. The molecule has 1 aromatic heterocycles. The van der Waals surface area contributed by atoms with E-state index in [0.29, 0.717) is 23.4 Å². The average molecular weight is 413 g/mol. The monoisotopic (exact) mass is 413 g/mol. The SMILES string of the molecule is O=C(C[C@]1(O)C(=O)N(Cc2cccs2)c2ccccc21)c1ccc2ccccc2c1. The van der Waals surface area contributed by atoms with E-state index in [4.69, 9.17) is 0 Å². The minimum Gasteiger partial charge on any atom is -0.375 e. The lowest BCUT2D eigenvalue weighted by atomic mass is 9.88. The molecule has 0 radical (unpaired) electrons. The van der Waals surface area contributed by atoms with Gasteiger partial charge in [0, 0.05) is 16.0 Å². The van der Waals surface area contributed by atoms with E-state index in [-0.39, 0.29) is 12.2 Å². The van der Waals surface area contributed by atoms with Gasteiger partial charge in [-0.2, -0.15) is 0 Å². The average Bonchev–Trinajstić information content (AvgIpc) is 3.36. The molecule has 1 aliphatic heterocycles. The summed E-state index contributed by atoms with van der Waals surface area (Å²) in [6.45, 7) is 0.375. The Morgan fingerprint density at radius 1 is 0.933 bits per heavy atom. The van der Waals surface area contributed by atoms with Crippen LogP contribution in [0.5, 0.6) is 0 Å². The van der Waals surface area contributed by atoms with Crippen molar-refractivity contribution >= 4 is 39.5 Å². The van der Waals surface area contributed by atoms with Crippen molar-refractivity contribution < 1.29 is 14.7 Å². The molecule has 1 aliphatic rings. The van der Waals surface area contributed by atoms with Crippen molar-refractivity contribution in [2.75, 3.05) is 4.90 Å². The van der Waals surface area contributed by atoms with Crippen LogP contribution in [0.15, 0.2) is 84.2 Å². The normalized spacial score (nSPS) is 18.0. The maximum Gasteiger partial charge on any atom is 0.264 e. The number of rotatable bonds is 5. The second-order valence-electron chi connectivity index (χ2n) is 7.51. The van der Waals surface area contributed by atoms with E-state index < -0.39 is 11.5 Å². The van der Waals surface area contributed by atoms with E-state index in [9.17, 15) is 14.7 Å². The van der Waals surface area contributed by atoms with E-state index in [1.165, 1.54) is 0 Å². The van der Waals surface area contributed by atoms with Gasteiger partial charge in [-0.25, -0.2) is 0 Å². The molecule has 30 heavy (non-hydrogen) atoms. The van der Waals surface area contributed by atoms with Gasteiger partial charge in [-0.3, -0.25) is 9.59 Å². The summed E-state index contributed by atoms with van der Waals surface area (Å²) < 4.78 is 0. The van der Waals surface area contributed by atoms with Crippen LogP contribution in [0.2, 0.25) is 0 Å². The highest BCUT2D eigenvalue weighted by atomic mass is 32.1. The Hall–Kier alpha value is -3.28. The van der Waals surface area contributed by atoms with Crippen LogP contribution in [0.3, 0.4) is 0 Å². The zero-order chi connectivity index (χ0) is 20.7. The Balaban J connectivity index is 1.49. The largest absolute Gasteiger partial charge is 0.375 e. The molecule has 5 heteroatoms. The smallest absolute Gasteiger partial charge is 0.264 e. The molecule has 148 valence electrons. The summed E-state index contributed by atoms with van der Waals surface area (Å²) in [5, 5.41) is 15.4.